The van der Waals surface area contributed by atoms with Crippen molar-refractivity contribution in [2.45, 2.75) is 19.4 Å². The number of hydrogen-bond acceptors (Lipinski definition) is 3. The van der Waals surface area contributed by atoms with E-state index in [1.807, 2.05) is 19.9 Å². The van der Waals surface area contributed by atoms with Crippen molar-refractivity contribution >= 4 is 5.90 Å². The van der Waals surface area contributed by atoms with Crippen molar-refractivity contribution in [1.82, 2.24) is 0 Å². The molecule has 1 aliphatic heterocycles. The van der Waals surface area contributed by atoms with Crippen LogP contribution in [-0.4, -0.2) is 23.2 Å². The summed E-state index contributed by atoms with van der Waals surface area (Å²) in [5.74, 6) is 0.747. The SMILES string of the molecule is CC1(C)COC(c2ccccc2O)=N1. The zero-order chi connectivity index (χ0) is 10.2. The Balaban J connectivity index is 2.38. The standard InChI is InChI=1S/C11H13NO2/c1-11(2)7-14-10(12-11)8-5-3-4-6-9(8)13/h3-6,13H,7H2,1-2H3. The number of aromatic hydroxyl groups is 1. The van der Waals surface area contributed by atoms with E-state index in [1.165, 1.54) is 0 Å². The molecule has 3 heteroatoms. The fourth-order valence-electron chi connectivity index (χ4n) is 1.38. The van der Waals surface area contributed by atoms with Crippen LogP contribution < -0.4 is 0 Å². The van der Waals surface area contributed by atoms with Gasteiger partial charge in [-0.3, -0.25) is 0 Å². The van der Waals surface area contributed by atoms with E-state index in [1.54, 1.807) is 18.2 Å². The second-order valence-corrected chi connectivity index (χ2v) is 4.04. The minimum Gasteiger partial charge on any atom is -0.507 e. The first-order valence-electron chi connectivity index (χ1n) is 4.59. The third-order valence-electron chi connectivity index (χ3n) is 2.10. The second kappa shape index (κ2) is 3.01. The average molecular weight is 191 g/mol. The van der Waals surface area contributed by atoms with Crippen LogP contribution in [0.4, 0.5) is 0 Å². The second-order valence-electron chi connectivity index (χ2n) is 4.04. The molecule has 3 nitrogen and oxygen atoms in total. The quantitative estimate of drug-likeness (QED) is 0.737. The molecule has 1 aromatic rings. The van der Waals surface area contributed by atoms with Gasteiger partial charge >= 0.3 is 0 Å². The van der Waals surface area contributed by atoms with Crippen LogP contribution in [0.5, 0.6) is 5.75 Å². The van der Waals surface area contributed by atoms with Crippen molar-refractivity contribution in [2.24, 2.45) is 4.99 Å². The highest BCUT2D eigenvalue weighted by Gasteiger charge is 2.27. The molecule has 2 rings (SSSR count). The normalized spacial score (nSPS) is 18.9. The van der Waals surface area contributed by atoms with Crippen LogP contribution in [0.25, 0.3) is 0 Å². The van der Waals surface area contributed by atoms with Gasteiger partial charge in [-0.1, -0.05) is 12.1 Å². The Bertz CT molecular complexity index is 383. The maximum absolute atomic E-state index is 9.58. The summed E-state index contributed by atoms with van der Waals surface area (Å²) in [6.07, 6.45) is 0. The molecule has 0 aromatic heterocycles. The van der Waals surface area contributed by atoms with Gasteiger partial charge in [0.1, 0.15) is 12.4 Å². The van der Waals surface area contributed by atoms with Crippen molar-refractivity contribution in [3.05, 3.63) is 29.8 Å². The monoisotopic (exact) mass is 191 g/mol. The molecule has 0 radical (unpaired) electrons. The summed E-state index contributed by atoms with van der Waals surface area (Å²) in [6, 6.07) is 7.06. The number of benzene rings is 1. The van der Waals surface area contributed by atoms with E-state index in [4.69, 9.17) is 4.74 Å². The smallest absolute Gasteiger partial charge is 0.220 e. The van der Waals surface area contributed by atoms with E-state index in [9.17, 15) is 5.11 Å². The third-order valence-corrected chi connectivity index (χ3v) is 2.10. The van der Waals surface area contributed by atoms with Crippen molar-refractivity contribution < 1.29 is 9.84 Å². The largest absolute Gasteiger partial charge is 0.507 e. The Morgan fingerprint density at radius 1 is 1.36 bits per heavy atom. The van der Waals surface area contributed by atoms with Crippen molar-refractivity contribution in [1.29, 1.82) is 0 Å². The molecule has 0 spiro atoms. The lowest BCUT2D eigenvalue weighted by Crippen LogP contribution is -2.17. The lowest BCUT2D eigenvalue weighted by molar-refractivity contribution is 0.279. The van der Waals surface area contributed by atoms with Crippen molar-refractivity contribution in [3.63, 3.8) is 0 Å². The van der Waals surface area contributed by atoms with Crippen LogP contribution in [0.2, 0.25) is 0 Å². The molecule has 14 heavy (non-hydrogen) atoms. The minimum atomic E-state index is -0.183. The molecule has 0 saturated heterocycles. The number of phenols is 1. The van der Waals surface area contributed by atoms with E-state index < -0.39 is 0 Å². The van der Waals surface area contributed by atoms with Crippen LogP contribution in [0, 0.1) is 0 Å². The van der Waals surface area contributed by atoms with Gasteiger partial charge in [-0.25, -0.2) is 4.99 Å². The highest BCUT2D eigenvalue weighted by Crippen LogP contribution is 2.24. The van der Waals surface area contributed by atoms with E-state index in [0.29, 0.717) is 18.1 Å². The van der Waals surface area contributed by atoms with Gasteiger partial charge in [0, 0.05) is 0 Å². The fourth-order valence-corrected chi connectivity index (χ4v) is 1.38. The number of nitrogens with zero attached hydrogens (tertiary/aromatic N) is 1. The number of para-hydroxylation sites is 1. The Labute approximate surface area is 83.1 Å². The Kier molecular flexibility index (Phi) is 1.95. The number of ether oxygens (including phenoxy) is 1. The van der Waals surface area contributed by atoms with Gasteiger partial charge in [-0.05, 0) is 26.0 Å². The third kappa shape index (κ3) is 1.58. The molecule has 0 unspecified atom stereocenters. The Morgan fingerprint density at radius 3 is 2.64 bits per heavy atom. The molecular weight excluding hydrogens is 178 g/mol. The van der Waals surface area contributed by atoms with Crippen LogP contribution in [0.15, 0.2) is 29.3 Å². The first-order chi connectivity index (χ1) is 6.58. The van der Waals surface area contributed by atoms with Crippen LogP contribution in [0.1, 0.15) is 19.4 Å². The average Bonchev–Trinajstić information content (AvgIpc) is 2.47. The molecule has 0 aliphatic carbocycles. The molecule has 0 saturated carbocycles. The minimum absolute atomic E-state index is 0.183. The fraction of sp³-hybridized carbons (Fsp3) is 0.364. The maximum Gasteiger partial charge on any atom is 0.220 e. The summed E-state index contributed by atoms with van der Waals surface area (Å²) < 4.78 is 5.43. The molecule has 0 fully saturated rings. The first-order valence-corrected chi connectivity index (χ1v) is 4.59. The number of hydrogen-bond donors (Lipinski definition) is 1. The zero-order valence-corrected chi connectivity index (χ0v) is 8.32. The summed E-state index contributed by atoms with van der Waals surface area (Å²) in [4.78, 5) is 4.39. The van der Waals surface area contributed by atoms with Gasteiger partial charge in [-0.2, -0.15) is 0 Å². The van der Waals surface area contributed by atoms with E-state index in [-0.39, 0.29) is 11.3 Å². The van der Waals surface area contributed by atoms with E-state index >= 15 is 0 Å². The molecule has 0 amide bonds. The van der Waals surface area contributed by atoms with Crippen molar-refractivity contribution in [3.8, 4) is 5.75 Å². The molecule has 1 aromatic carbocycles. The maximum atomic E-state index is 9.58. The summed E-state index contributed by atoms with van der Waals surface area (Å²) in [7, 11) is 0. The summed E-state index contributed by atoms with van der Waals surface area (Å²) in [5.41, 5.74) is 0.482. The highest BCUT2D eigenvalue weighted by molar-refractivity contribution is 5.97. The lowest BCUT2D eigenvalue weighted by atomic mass is 10.1. The van der Waals surface area contributed by atoms with Crippen LogP contribution in [0.3, 0.4) is 0 Å². The Hall–Kier alpha value is -1.51. The first kappa shape index (κ1) is 9.06. The highest BCUT2D eigenvalue weighted by atomic mass is 16.5. The molecular formula is C11H13NO2. The topological polar surface area (TPSA) is 41.8 Å². The number of rotatable bonds is 1. The summed E-state index contributed by atoms with van der Waals surface area (Å²) in [5, 5.41) is 9.58. The predicted octanol–water partition coefficient (Wildman–Crippen LogP) is 1.95. The number of phenolic OH excluding ortho intramolecular Hbond substituents is 1. The van der Waals surface area contributed by atoms with Gasteiger partial charge in [0.15, 0.2) is 0 Å². The lowest BCUT2D eigenvalue weighted by Gasteiger charge is -2.07. The summed E-state index contributed by atoms with van der Waals surface area (Å²) >= 11 is 0. The van der Waals surface area contributed by atoms with Gasteiger partial charge in [0.05, 0.1) is 11.1 Å². The van der Waals surface area contributed by atoms with E-state index in [0.717, 1.165) is 0 Å². The molecule has 0 bridgehead atoms. The molecule has 1 heterocycles. The van der Waals surface area contributed by atoms with Crippen molar-refractivity contribution in [2.75, 3.05) is 6.61 Å². The number of aliphatic imine (C=N–C) groups is 1. The predicted molar refractivity (Wildman–Crippen MR) is 54.7 cm³/mol. The van der Waals surface area contributed by atoms with Crippen LogP contribution >= 0.6 is 0 Å². The van der Waals surface area contributed by atoms with Gasteiger partial charge in [0.2, 0.25) is 5.90 Å². The molecule has 1 aliphatic rings. The van der Waals surface area contributed by atoms with Gasteiger partial charge in [-0.15, -0.1) is 0 Å². The van der Waals surface area contributed by atoms with Gasteiger partial charge < -0.3 is 9.84 Å². The van der Waals surface area contributed by atoms with Gasteiger partial charge in [0.25, 0.3) is 0 Å². The summed E-state index contributed by atoms with van der Waals surface area (Å²) in [6.45, 7) is 4.57. The van der Waals surface area contributed by atoms with E-state index in [2.05, 4.69) is 4.99 Å². The molecule has 0 atom stereocenters. The zero-order valence-electron chi connectivity index (χ0n) is 8.32. The van der Waals surface area contributed by atoms with Crippen LogP contribution in [-0.2, 0) is 4.74 Å². The molecule has 74 valence electrons. The Morgan fingerprint density at radius 2 is 2.07 bits per heavy atom. The molecule has 1 N–H and O–H groups in total.